The van der Waals surface area contributed by atoms with Crippen molar-refractivity contribution in [3.63, 3.8) is 0 Å². The van der Waals surface area contributed by atoms with E-state index in [0.29, 0.717) is 17.4 Å². The molecular formula is C48H85NO8P+. The SMILES string of the molecule is CCCCC/C=C/C/C=C/C/C=C/C/C=C/CCCCCC(=O)O[C@H](COC(=O)/C=C/C=C/CCCCCCCCCCCCC)COP(=O)(O)OCC[N+](C)(C)C. The number of quaternary nitrogens is 1. The molecule has 334 valence electrons. The van der Waals surface area contributed by atoms with Crippen molar-refractivity contribution in [2.75, 3.05) is 47.5 Å². The molecule has 1 unspecified atom stereocenters. The number of hydrogen-bond acceptors (Lipinski definition) is 7. The number of hydrogen-bond donors (Lipinski definition) is 1. The van der Waals surface area contributed by atoms with Crippen LogP contribution in [0.4, 0.5) is 0 Å². The summed E-state index contributed by atoms with van der Waals surface area (Å²) in [5, 5.41) is 0. The highest BCUT2D eigenvalue weighted by atomic mass is 31.2. The number of phosphoric ester groups is 1. The first-order valence-electron chi connectivity index (χ1n) is 22.7. The average Bonchev–Trinajstić information content (AvgIpc) is 3.17. The van der Waals surface area contributed by atoms with Gasteiger partial charge in [0.25, 0.3) is 0 Å². The minimum absolute atomic E-state index is 0.00927. The molecule has 0 bridgehead atoms. The number of rotatable bonds is 40. The minimum Gasteiger partial charge on any atom is -0.458 e. The highest BCUT2D eigenvalue weighted by Crippen LogP contribution is 2.43. The number of phosphoric acid groups is 1. The van der Waals surface area contributed by atoms with Gasteiger partial charge < -0.3 is 18.9 Å². The Morgan fingerprint density at radius 1 is 0.586 bits per heavy atom. The molecular weight excluding hydrogens is 750 g/mol. The van der Waals surface area contributed by atoms with Crippen molar-refractivity contribution in [3.8, 4) is 0 Å². The summed E-state index contributed by atoms with van der Waals surface area (Å²) in [6, 6.07) is 0. The predicted octanol–water partition coefficient (Wildman–Crippen LogP) is 13.0. The average molecular weight is 835 g/mol. The van der Waals surface area contributed by atoms with E-state index in [1.54, 1.807) is 6.08 Å². The van der Waals surface area contributed by atoms with E-state index >= 15 is 0 Å². The Morgan fingerprint density at radius 2 is 1.05 bits per heavy atom. The van der Waals surface area contributed by atoms with Crippen molar-refractivity contribution in [3.05, 3.63) is 72.9 Å². The second kappa shape index (κ2) is 39.9. The molecule has 9 nitrogen and oxygen atoms in total. The summed E-state index contributed by atoms with van der Waals surface area (Å²) in [7, 11) is 1.40. The van der Waals surface area contributed by atoms with E-state index in [1.165, 1.54) is 96.0 Å². The van der Waals surface area contributed by atoms with E-state index in [2.05, 4.69) is 62.5 Å². The van der Waals surface area contributed by atoms with E-state index < -0.39 is 32.5 Å². The number of likely N-dealkylation sites (N-methyl/N-ethyl adjacent to an activating group) is 1. The molecule has 0 spiro atoms. The van der Waals surface area contributed by atoms with Crippen LogP contribution in [-0.4, -0.2) is 74.9 Å². The van der Waals surface area contributed by atoms with Crippen LogP contribution in [0.3, 0.4) is 0 Å². The van der Waals surface area contributed by atoms with Crippen molar-refractivity contribution in [2.24, 2.45) is 0 Å². The molecule has 1 N–H and O–H groups in total. The van der Waals surface area contributed by atoms with Gasteiger partial charge in [-0.15, -0.1) is 0 Å². The van der Waals surface area contributed by atoms with Crippen molar-refractivity contribution in [2.45, 2.75) is 174 Å². The molecule has 10 heteroatoms. The van der Waals surface area contributed by atoms with Crippen molar-refractivity contribution < 1.29 is 42.1 Å². The van der Waals surface area contributed by atoms with Gasteiger partial charge in [0.05, 0.1) is 27.7 Å². The fraction of sp³-hybridized carbons (Fsp3) is 0.708. The van der Waals surface area contributed by atoms with E-state index in [1.807, 2.05) is 33.3 Å². The van der Waals surface area contributed by atoms with Crippen LogP contribution in [0.5, 0.6) is 0 Å². The molecule has 0 saturated carbocycles. The first-order valence-corrected chi connectivity index (χ1v) is 24.2. The van der Waals surface area contributed by atoms with Gasteiger partial charge in [0.2, 0.25) is 0 Å². The Labute approximate surface area is 355 Å². The maximum Gasteiger partial charge on any atom is 0.472 e. The van der Waals surface area contributed by atoms with E-state index in [-0.39, 0.29) is 19.6 Å². The molecule has 0 fully saturated rings. The predicted molar refractivity (Wildman–Crippen MR) is 242 cm³/mol. The maximum absolute atomic E-state index is 12.7. The lowest BCUT2D eigenvalue weighted by molar-refractivity contribution is -0.870. The lowest BCUT2D eigenvalue weighted by Crippen LogP contribution is -2.37. The Kier molecular flexibility index (Phi) is 38.1. The van der Waals surface area contributed by atoms with Crippen molar-refractivity contribution >= 4 is 19.8 Å². The maximum atomic E-state index is 12.7. The van der Waals surface area contributed by atoms with Gasteiger partial charge in [0.1, 0.15) is 19.8 Å². The first-order chi connectivity index (χ1) is 28.0. The summed E-state index contributed by atoms with van der Waals surface area (Å²) < 4.78 is 34.1. The Balaban J connectivity index is 4.52. The van der Waals surface area contributed by atoms with E-state index in [4.69, 9.17) is 18.5 Å². The Hall–Kier alpha value is -2.55. The highest BCUT2D eigenvalue weighted by Gasteiger charge is 2.26. The number of unbranched alkanes of at least 4 members (excludes halogenated alkanes) is 17. The van der Waals surface area contributed by atoms with E-state index in [0.717, 1.165) is 51.4 Å². The molecule has 0 saturated heterocycles. The molecule has 0 aliphatic carbocycles. The molecule has 0 rings (SSSR count). The third-order valence-corrected chi connectivity index (χ3v) is 10.3. The third kappa shape index (κ3) is 43.0. The van der Waals surface area contributed by atoms with Crippen LogP contribution in [-0.2, 0) is 32.7 Å². The summed E-state index contributed by atoms with van der Waals surface area (Å²) in [4.78, 5) is 35.3. The van der Waals surface area contributed by atoms with Gasteiger partial charge in [-0.3, -0.25) is 13.8 Å². The lowest BCUT2D eigenvalue weighted by atomic mass is 10.1. The van der Waals surface area contributed by atoms with Crippen LogP contribution in [0.1, 0.15) is 168 Å². The molecule has 0 aromatic carbocycles. The molecule has 0 aliphatic rings. The zero-order valence-corrected chi connectivity index (χ0v) is 38.4. The Morgan fingerprint density at radius 3 is 1.60 bits per heavy atom. The van der Waals surface area contributed by atoms with Crippen molar-refractivity contribution in [1.82, 2.24) is 0 Å². The topological polar surface area (TPSA) is 108 Å². The molecule has 0 heterocycles. The number of allylic oxidation sites excluding steroid dienone is 11. The molecule has 0 radical (unpaired) electrons. The third-order valence-electron chi connectivity index (χ3n) is 9.31. The molecule has 0 amide bonds. The van der Waals surface area contributed by atoms with Crippen LogP contribution in [0.15, 0.2) is 72.9 Å². The smallest absolute Gasteiger partial charge is 0.458 e. The molecule has 58 heavy (non-hydrogen) atoms. The quantitative estimate of drug-likeness (QED) is 0.0124. The van der Waals surface area contributed by atoms with Gasteiger partial charge in [-0.1, -0.05) is 164 Å². The van der Waals surface area contributed by atoms with Crippen LogP contribution in [0, 0.1) is 0 Å². The number of carbonyl (C=O) groups is 2. The zero-order valence-electron chi connectivity index (χ0n) is 37.5. The molecule has 0 aliphatic heterocycles. The highest BCUT2D eigenvalue weighted by molar-refractivity contribution is 7.47. The van der Waals surface area contributed by atoms with Crippen molar-refractivity contribution in [1.29, 1.82) is 0 Å². The van der Waals surface area contributed by atoms with Gasteiger partial charge in [-0.25, -0.2) is 9.36 Å². The van der Waals surface area contributed by atoms with Crippen LogP contribution in [0.2, 0.25) is 0 Å². The fourth-order valence-corrected chi connectivity index (χ4v) is 6.47. The van der Waals surface area contributed by atoms with Gasteiger partial charge in [-0.05, 0) is 64.2 Å². The molecule has 0 aromatic rings. The van der Waals surface area contributed by atoms with Crippen LogP contribution in [0.25, 0.3) is 0 Å². The van der Waals surface area contributed by atoms with Crippen LogP contribution < -0.4 is 0 Å². The monoisotopic (exact) mass is 835 g/mol. The van der Waals surface area contributed by atoms with Gasteiger partial charge in [0.15, 0.2) is 6.10 Å². The summed E-state index contributed by atoms with van der Waals surface area (Å²) in [5.41, 5.74) is 0. The first kappa shape index (κ1) is 55.5. The minimum atomic E-state index is -4.41. The van der Waals surface area contributed by atoms with Gasteiger partial charge in [0, 0.05) is 12.5 Å². The van der Waals surface area contributed by atoms with Gasteiger partial charge >= 0.3 is 19.8 Å². The second-order valence-corrected chi connectivity index (χ2v) is 17.6. The fourth-order valence-electron chi connectivity index (χ4n) is 5.73. The molecule has 2 atom stereocenters. The molecule has 0 aromatic heterocycles. The zero-order chi connectivity index (χ0) is 42.8. The Bertz CT molecular complexity index is 1220. The standard InChI is InChI=1S/C48H84NO8P/c1-6-8-10-12-14-16-18-20-22-23-24-25-27-29-31-33-35-37-39-41-48(51)57-46(45-56-58(52,53)55-43-42-49(3,4)5)44-54-47(50)40-38-36-34-32-30-28-26-21-19-17-15-13-11-9-7-2/h14,16,20,22,24-25,29,31,34,36,38,40,46H,6-13,15,17-19,21,23,26-28,30,32-33,35,37,39,41-45H2,1-5H3/p+1/b16-14+,22-20+,25-24+,31-29+,36-34+,40-38+/t46-/m1/s1. The largest absolute Gasteiger partial charge is 0.472 e. The van der Waals surface area contributed by atoms with E-state index in [9.17, 15) is 19.0 Å². The number of carbonyl (C=O) groups excluding carboxylic acids is 2. The number of esters is 2. The lowest BCUT2D eigenvalue weighted by Gasteiger charge is -2.24. The van der Waals surface area contributed by atoms with Gasteiger partial charge in [-0.2, -0.15) is 0 Å². The number of nitrogens with zero attached hydrogens (tertiary/aromatic N) is 1. The summed E-state index contributed by atoms with van der Waals surface area (Å²) in [6.07, 6.45) is 50.1. The summed E-state index contributed by atoms with van der Waals surface area (Å²) in [6.45, 7) is 4.21. The summed E-state index contributed by atoms with van der Waals surface area (Å²) >= 11 is 0. The summed E-state index contributed by atoms with van der Waals surface area (Å²) in [5.74, 6) is -1.09. The second-order valence-electron chi connectivity index (χ2n) is 16.2. The number of ether oxygens (including phenoxy) is 2. The van der Waals surface area contributed by atoms with Crippen LogP contribution >= 0.6 is 7.82 Å². The normalized spacial score (nSPS) is 14.2.